The Hall–Kier alpha value is -2.04. The molecule has 0 bridgehead atoms. The van der Waals surface area contributed by atoms with E-state index in [1.165, 1.54) is 12.8 Å². The monoisotopic (exact) mass is 290 g/mol. The third-order valence-electron chi connectivity index (χ3n) is 3.62. The summed E-state index contributed by atoms with van der Waals surface area (Å²) in [4.78, 5) is 25.9. The SMILES string of the molecule is COc1cccc(NC(=O)CC(=O)N2CCCCCC2)c1. The van der Waals surface area contributed by atoms with E-state index in [0.29, 0.717) is 11.4 Å². The first kappa shape index (κ1) is 15.4. The number of nitrogens with zero attached hydrogens (tertiary/aromatic N) is 1. The second kappa shape index (κ2) is 7.67. The standard InChI is InChI=1S/C16H22N2O3/c1-21-14-8-6-7-13(11-14)17-15(19)12-16(20)18-9-4-2-3-5-10-18/h6-8,11H,2-5,9-10,12H2,1H3,(H,17,19). The summed E-state index contributed by atoms with van der Waals surface area (Å²) < 4.78 is 5.10. The van der Waals surface area contributed by atoms with Crippen LogP contribution in [-0.2, 0) is 9.59 Å². The summed E-state index contributed by atoms with van der Waals surface area (Å²) >= 11 is 0. The number of benzene rings is 1. The van der Waals surface area contributed by atoms with Crippen LogP contribution in [0.15, 0.2) is 24.3 Å². The molecule has 0 aromatic heterocycles. The van der Waals surface area contributed by atoms with Crippen molar-refractivity contribution in [3.8, 4) is 5.75 Å². The minimum Gasteiger partial charge on any atom is -0.497 e. The third kappa shape index (κ3) is 4.77. The maximum Gasteiger partial charge on any atom is 0.233 e. The van der Waals surface area contributed by atoms with Gasteiger partial charge in [-0.2, -0.15) is 0 Å². The molecule has 1 saturated heterocycles. The number of carbonyl (C=O) groups is 2. The first-order valence-corrected chi connectivity index (χ1v) is 7.41. The molecule has 1 heterocycles. The van der Waals surface area contributed by atoms with E-state index in [1.54, 1.807) is 36.3 Å². The van der Waals surface area contributed by atoms with Crippen LogP contribution in [0, 0.1) is 0 Å². The van der Waals surface area contributed by atoms with Crippen LogP contribution in [0.25, 0.3) is 0 Å². The predicted octanol–water partition coefficient (Wildman–Crippen LogP) is 2.43. The van der Waals surface area contributed by atoms with Crippen molar-refractivity contribution in [2.24, 2.45) is 0 Å². The Labute approximate surface area is 125 Å². The average Bonchev–Trinajstić information content (AvgIpc) is 2.76. The molecule has 0 spiro atoms. The van der Waals surface area contributed by atoms with E-state index in [1.807, 2.05) is 0 Å². The van der Waals surface area contributed by atoms with Crippen molar-refractivity contribution >= 4 is 17.5 Å². The number of nitrogens with one attached hydrogen (secondary N) is 1. The highest BCUT2D eigenvalue weighted by Crippen LogP contribution is 2.17. The quantitative estimate of drug-likeness (QED) is 0.866. The van der Waals surface area contributed by atoms with Crippen molar-refractivity contribution in [3.05, 3.63) is 24.3 Å². The van der Waals surface area contributed by atoms with E-state index in [-0.39, 0.29) is 18.2 Å². The number of ether oxygens (including phenoxy) is 1. The smallest absolute Gasteiger partial charge is 0.233 e. The Bertz CT molecular complexity index is 494. The number of amides is 2. The molecule has 0 saturated carbocycles. The van der Waals surface area contributed by atoms with Gasteiger partial charge >= 0.3 is 0 Å². The van der Waals surface area contributed by atoms with Crippen LogP contribution in [0.4, 0.5) is 5.69 Å². The Morgan fingerprint density at radius 3 is 2.57 bits per heavy atom. The van der Waals surface area contributed by atoms with Gasteiger partial charge in [0.2, 0.25) is 11.8 Å². The summed E-state index contributed by atoms with van der Waals surface area (Å²) in [7, 11) is 1.57. The number of methoxy groups -OCH3 is 1. The molecule has 2 amide bonds. The number of anilines is 1. The van der Waals surface area contributed by atoms with Gasteiger partial charge in [0, 0.05) is 24.8 Å². The van der Waals surface area contributed by atoms with Crippen molar-refractivity contribution in [1.29, 1.82) is 0 Å². The molecule has 114 valence electrons. The molecule has 2 rings (SSSR count). The van der Waals surface area contributed by atoms with Crippen molar-refractivity contribution in [1.82, 2.24) is 4.90 Å². The molecule has 0 radical (unpaired) electrons. The number of carbonyl (C=O) groups excluding carboxylic acids is 2. The highest BCUT2D eigenvalue weighted by Gasteiger charge is 2.18. The summed E-state index contributed by atoms with van der Waals surface area (Å²) in [5.41, 5.74) is 0.642. The highest BCUT2D eigenvalue weighted by molar-refractivity contribution is 6.03. The van der Waals surface area contributed by atoms with Crippen molar-refractivity contribution in [2.75, 3.05) is 25.5 Å². The lowest BCUT2D eigenvalue weighted by atomic mass is 10.2. The summed E-state index contributed by atoms with van der Waals surface area (Å²) in [5.74, 6) is 0.307. The zero-order chi connectivity index (χ0) is 15.1. The largest absolute Gasteiger partial charge is 0.497 e. The van der Waals surface area contributed by atoms with Crippen LogP contribution < -0.4 is 10.1 Å². The maximum atomic E-state index is 12.1. The molecule has 1 aromatic rings. The van der Waals surface area contributed by atoms with Gasteiger partial charge in [0.05, 0.1) is 7.11 Å². The molecule has 1 fully saturated rings. The Kier molecular flexibility index (Phi) is 5.60. The number of rotatable bonds is 4. The van der Waals surface area contributed by atoms with E-state index < -0.39 is 0 Å². The van der Waals surface area contributed by atoms with Gasteiger partial charge in [-0.3, -0.25) is 9.59 Å². The van der Waals surface area contributed by atoms with Gasteiger partial charge in [0.25, 0.3) is 0 Å². The fourth-order valence-corrected chi connectivity index (χ4v) is 2.48. The predicted molar refractivity (Wildman–Crippen MR) is 81.3 cm³/mol. The number of likely N-dealkylation sites (tertiary alicyclic amines) is 1. The first-order valence-electron chi connectivity index (χ1n) is 7.41. The van der Waals surface area contributed by atoms with E-state index in [4.69, 9.17) is 4.74 Å². The molecular weight excluding hydrogens is 268 g/mol. The molecule has 5 heteroatoms. The average molecular weight is 290 g/mol. The summed E-state index contributed by atoms with van der Waals surface area (Å²) in [6.07, 6.45) is 4.29. The molecule has 0 atom stereocenters. The number of hydrogen-bond acceptors (Lipinski definition) is 3. The molecule has 1 aliphatic heterocycles. The molecule has 0 aliphatic carbocycles. The van der Waals surface area contributed by atoms with E-state index in [9.17, 15) is 9.59 Å². The van der Waals surface area contributed by atoms with Crippen LogP contribution >= 0.6 is 0 Å². The van der Waals surface area contributed by atoms with Crippen LogP contribution in [-0.4, -0.2) is 36.9 Å². The minimum absolute atomic E-state index is 0.0858. The second-order valence-electron chi connectivity index (χ2n) is 5.25. The van der Waals surface area contributed by atoms with Gasteiger partial charge in [0.1, 0.15) is 12.2 Å². The van der Waals surface area contributed by atoms with Crippen LogP contribution in [0.2, 0.25) is 0 Å². The van der Waals surface area contributed by atoms with Gasteiger partial charge in [-0.05, 0) is 25.0 Å². The Morgan fingerprint density at radius 2 is 1.90 bits per heavy atom. The van der Waals surface area contributed by atoms with Gasteiger partial charge in [-0.25, -0.2) is 0 Å². The van der Waals surface area contributed by atoms with Gasteiger partial charge in [-0.1, -0.05) is 18.9 Å². The fraction of sp³-hybridized carbons (Fsp3) is 0.500. The van der Waals surface area contributed by atoms with Crippen LogP contribution in [0.3, 0.4) is 0 Å². The fourth-order valence-electron chi connectivity index (χ4n) is 2.48. The molecule has 5 nitrogen and oxygen atoms in total. The molecule has 1 N–H and O–H groups in total. The second-order valence-corrected chi connectivity index (χ2v) is 5.25. The zero-order valence-electron chi connectivity index (χ0n) is 12.4. The normalized spacial score (nSPS) is 15.2. The maximum absolute atomic E-state index is 12.1. The molecule has 1 aromatic carbocycles. The minimum atomic E-state index is -0.280. The van der Waals surface area contributed by atoms with Crippen molar-refractivity contribution in [2.45, 2.75) is 32.1 Å². The van der Waals surface area contributed by atoms with E-state index >= 15 is 0 Å². The lowest BCUT2D eigenvalue weighted by Gasteiger charge is -2.19. The first-order chi connectivity index (χ1) is 10.2. The van der Waals surface area contributed by atoms with Crippen molar-refractivity contribution < 1.29 is 14.3 Å². The Morgan fingerprint density at radius 1 is 1.19 bits per heavy atom. The van der Waals surface area contributed by atoms with Gasteiger partial charge < -0.3 is 15.0 Å². The lowest BCUT2D eigenvalue weighted by molar-refractivity contribution is -0.134. The summed E-state index contributed by atoms with van der Waals surface area (Å²) in [5, 5.41) is 2.74. The number of hydrogen-bond donors (Lipinski definition) is 1. The lowest BCUT2D eigenvalue weighted by Crippen LogP contribution is -2.34. The van der Waals surface area contributed by atoms with E-state index in [2.05, 4.69) is 5.32 Å². The van der Waals surface area contributed by atoms with Gasteiger partial charge in [0.15, 0.2) is 0 Å². The van der Waals surface area contributed by atoms with Crippen LogP contribution in [0.1, 0.15) is 32.1 Å². The summed E-state index contributed by atoms with van der Waals surface area (Å²) in [6, 6.07) is 7.11. The molecular formula is C16H22N2O3. The van der Waals surface area contributed by atoms with E-state index in [0.717, 1.165) is 25.9 Å². The molecule has 0 unspecified atom stereocenters. The zero-order valence-corrected chi connectivity index (χ0v) is 12.4. The van der Waals surface area contributed by atoms with Crippen LogP contribution in [0.5, 0.6) is 5.75 Å². The topological polar surface area (TPSA) is 58.6 Å². The van der Waals surface area contributed by atoms with Crippen molar-refractivity contribution in [3.63, 3.8) is 0 Å². The molecule has 1 aliphatic rings. The Balaban J connectivity index is 1.86. The highest BCUT2D eigenvalue weighted by atomic mass is 16.5. The van der Waals surface area contributed by atoms with Gasteiger partial charge in [-0.15, -0.1) is 0 Å². The molecule has 21 heavy (non-hydrogen) atoms. The third-order valence-corrected chi connectivity index (χ3v) is 3.62. The summed E-state index contributed by atoms with van der Waals surface area (Å²) in [6.45, 7) is 1.54.